The van der Waals surface area contributed by atoms with Crippen molar-refractivity contribution in [3.63, 3.8) is 0 Å². The van der Waals surface area contributed by atoms with Gasteiger partial charge in [-0.15, -0.1) is 6.58 Å². The summed E-state index contributed by atoms with van der Waals surface area (Å²) in [7, 11) is 0. The molecule has 0 atom stereocenters. The van der Waals surface area contributed by atoms with Crippen LogP contribution < -0.4 is 4.74 Å². The summed E-state index contributed by atoms with van der Waals surface area (Å²) in [6, 6.07) is 6.24. The number of ether oxygens (including phenoxy) is 2. The maximum absolute atomic E-state index is 9.10. The Morgan fingerprint density at radius 3 is 2.41 bits per heavy atom. The van der Waals surface area contributed by atoms with Gasteiger partial charge in [0.25, 0.3) is 0 Å². The lowest BCUT2D eigenvalue weighted by Crippen LogP contribution is -2.24. The van der Waals surface area contributed by atoms with Crippen LogP contribution >= 0.6 is 0 Å². The predicted molar refractivity (Wildman–Crippen MR) is 102 cm³/mol. The maximum atomic E-state index is 9.10. The van der Waals surface area contributed by atoms with Gasteiger partial charge in [-0.3, -0.25) is 0 Å². The smallest absolute Gasteiger partial charge is 0.414 e. The van der Waals surface area contributed by atoms with Crippen LogP contribution in [0.2, 0.25) is 0 Å². The van der Waals surface area contributed by atoms with Gasteiger partial charge in [-0.05, 0) is 50.4 Å². The van der Waals surface area contributed by atoms with E-state index in [0.29, 0.717) is 13.2 Å². The van der Waals surface area contributed by atoms with Gasteiger partial charge in [0.1, 0.15) is 12.4 Å². The van der Waals surface area contributed by atoms with E-state index in [0.717, 1.165) is 25.3 Å². The van der Waals surface area contributed by atoms with Gasteiger partial charge in [-0.1, -0.05) is 24.3 Å². The molecular formula is C20H29NO6. The highest BCUT2D eigenvalue weighted by Crippen LogP contribution is 2.24. The molecule has 7 nitrogen and oxygen atoms in total. The van der Waals surface area contributed by atoms with E-state index in [1.165, 1.54) is 37.1 Å². The molecule has 1 saturated heterocycles. The van der Waals surface area contributed by atoms with Gasteiger partial charge in [0.15, 0.2) is 0 Å². The van der Waals surface area contributed by atoms with E-state index in [4.69, 9.17) is 29.3 Å². The second-order valence-electron chi connectivity index (χ2n) is 6.18. The number of benzene rings is 1. The van der Waals surface area contributed by atoms with E-state index in [-0.39, 0.29) is 0 Å². The van der Waals surface area contributed by atoms with E-state index >= 15 is 0 Å². The number of aliphatic carboxylic acids is 2. The zero-order chi connectivity index (χ0) is 20.1. The van der Waals surface area contributed by atoms with Crippen LogP contribution in [0.5, 0.6) is 5.75 Å². The molecule has 0 spiro atoms. The van der Waals surface area contributed by atoms with Crippen molar-refractivity contribution >= 4 is 11.9 Å². The van der Waals surface area contributed by atoms with Gasteiger partial charge in [-0.2, -0.15) is 0 Å². The molecule has 0 saturated carbocycles. The molecule has 0 aromatic heterocycles. The van der Waals surface area contributed by atoms with Crippen molar-refractivity contribution < 1.29 is 29.3 Å². The van der Waals surface area contributed by atoms with Crippen LogP contribution in [-0.4, -0.2) is 66.5 Å². The highest BCUT2D eigenvalue weighted by atomic mass is 16.5. The largest absolute Gasteiger partial charge is 0.491 e. The Hall–Kier alpha value is -2.38. The van der Waals surface area contributed by atoms with Gasteiger partial charge in [0, 0.05) is 6.54 Å². The molecule has 2 rings (SSSR count). The summed E-state index contributed by atoms with van der Waals surface area (Å²) < 4.78 is 11.6. The Labute approximate surface area is 160 Å². The van der Waals surface area contributed by atoms with Crippen molar-refractivity contribution in [2.45, 2.75) is 26.2 Å². The van der Waals surface area contributed by atoms with Crippen LogP contribution in [-0.2, 0) is 20.7 Å². The first-order valence-corrected chi connectivity index (χ1v) is 9.04. The predicted octanol–water partition coefficient (Wildman–Crippen LogP) is 2.37. The number of hydrogen-bond acceptors (Lipinski definition) is 5. The lowest BCUT2D eigenvalue weighted by molar-refractivity contribution is -0.159. The van der Waals surface area contributed by atoms with E-state index in [2.05, 4.69) is 36.6 Å². The molecule has 0 bridgehead atoms. The summed E-state index contributed by atoms with van der Waals surface area (Å²) in [5.41, 5.74) is 2.37. The molecule has 0 amide bonds. The Bertz CT molecular complexity index is 598. The molecule has 150 valence electrons. The standard InChI is InChI=1S/C18H27NO2.C2H2O4/c1-3-7-17-9-6-8-16(2)18(17)21-15-14-20-13-12-19-10-4-5-11-19;3-1(4)2(5)6/h3,6,8-9H,1,4-5,7,10-15H2,2H3;(H,3,4)(H,5,6). The molecule has 1 aromatic rings. The summed E-state index contributed by atoms with van der Waals surface area (Å²) in [6.07, 6.45) is 5.42. The monoisotopic (exact) mass is 379 g/mol. The maximum Gasteiger partial charge on any atom is 0.414 e. The fraction of sp³-hybridized carbons (Fsp3) is 0.500. The third-order valence-corrected chi connectivity index (χ3v) is 4.07. The van der Waals surface area contributed by atoms with Crippen LogP contribution in [0.15, 0.2) is 30.9 Å². The quantitative estimate of drug-likeness (QED) is 0.386. The molecule has 0 unspecified atom stereocenters. The number of carbonyl (C=O) groups is 2. The molecule has 2 N–H and O–H groups in total. The molecule has 0 radical (unpaired) electrons. The molecule has 1 aromatic carbocycles. The van der Waals surface area contributed by atoms with Crippen LogP contribution in [0.4, 0.5) is 0 Å². The van der Waals surface area contributed by atoms with Gasteiger partial charge in [-0.25, -0.2) is 9.59 Å². The molecule has 1 aliphatic heterocycles. The normalized spacial score (nSPS) is 13.5. The first-order chi connectivity index (χ1) is 13.0. The zero-order valence-corrected chi connectivity index (χ0v) is 15.9. The second kappa shape index (κ2) is 12.9. The SMILES string of the molecule is C=CCc1cccc(C)c1OCCOCCN1CCCC1.O=C(O)C(=O)O. The van der Waals surface area contributed by atoms with E-state index in [1.807, 2.05) is 6.08 Å². The van der Waals surface area contributed by atoms with Crippen molar-refractivity contribution in [3.05, 3.63) is 42.0 Å². The minimum absolute atomic E-state index is 0.606. The van der Waals surface area contributed by atoms with Crippen molar-refractivity contribution in [1.29, 1.82) is 0 Å². The van der Waals surface area contributed by atoms with Crippen LogP contribution in [0.3, 0.4) is 0 Å². The lowest BCUT2D eigenvalue weighted by Gasteiger charge is -2.15. The third kappa shape index (κ3) is 9.21. The van der Waals surface area contributed by atoms with E-state index in [1.54, 1.807) is 0 Å². The Morgan fingerprint density at radius 1 is 1.15 bits per heavy atom. The number of para-hydroxylation sites is 1. The fourth-order valence-electron chi connectivity index (χ4n) is 2.74. The highest BCUT2D eigenvalue weighted by molar-refractivity contribution is 6.27. The molecular weight excluding hydrogens is 350 g/mol. The molecule has 27 heavy (non-hydrogen) atoms. The lowest BCUT2D eigenvalue weighted by atomic mass is 10.1. The summed E-state index contributed by atoms with van der Waals surface area (Å²) in [4.78, 5) is 20.7. The molecule has 1 heterocycles. The fourth-order valence-corrected chi connectivity index (χ4v) is 2.74. The number of allylic oxidation sites excluding steroid dienone is 1. The molecule has 7 heteroatoms. The van der Waals surface area contributed by atoms with Gasteiger partial charge >= 0.3 is 11.9 Å². The highest BCUT2D eigenvalue weighted by Gasteiger charge is 2.10. The minimum Gasteiger partial charge on any atom is -0.491 e. The summed E-state index contributed by atoms with van der Waals surface area (Å²) >= 11 is 0. The number of carboxylic acid groups (broad SMARTS) is 2. The number of hydrogen-bond donors (Lipinski definition) is 2. The average Bonchev–Trinajstić information content (AvgIpc) is 3.14. The third-order valence-electron chi connectivity index (χ3n) is 4.07. The Balaban J connectivity index is 0.000000527. The van der Waals surface area contributed by atoms with Gasteiger partial charge in [0.05, 0.1) is 13.2 Å². The number of aryl methyl sites for hydroxylation is 1. The van der Waals surface area contributed by atoms with Gasteiger partial charge < -0.3 is 24.6 Å². The Kier molecular flexibility index (Phi) is 10.8. The molecule has 1 fully saturated rings. The summed E-state index contributed by atoms with van der Waals surface area (Å²) in [6.45, 7) is 11.4. The van der Waals surface area contributed by atoms with Crippen molar-refractivity contribution in [3.8, 4) is 5.75 Å². The first-order valence-electron chi connectivity index (χ1n) is 9.04. The number of nitrogens with zero attached hydrogens (tertiary/aromatic N) is 1. The van der Waals surface area contributed by atoms with E-state index < -0.39 is 11.9 Å². The molecule has 0 aliphatic carbocycles. The molecule has 1 aliphatic rings. The van der Waals surface area contributed by atoms with Crippen molar-refractivity contribution in [2.75, 3.05) is 39.5 Å². The zero-order valence-electron chi connectivity index (χ0n) is 15.9. The van der Waals surface area contributed by atoms with Crippen molar-refractivity contribution in [1.82, 2.24) is 4.90 Å². The van der Waals surface area contributed by atoms with Crippen LogP contribution in [0.25, 0.3) is 0 Å². The topological polar surface area (TPSA) is 96.3 Å². The van der Waals surface area contributed by atoms with Crippen LogP contribution in [0.1, 0.15) is 24.0 Å². The summed E-state index contributed by atoms with van der Waals surface area (Å²) in [5, 5.41) is 14.8. The van der Waals surface area contributed by atoms with Gasteiger partial charge in [0.2, 0.25) is 0 Å². The minimum atomic E-state index is -1.82. The number of carboxylic acids is 2. The average molecular weight is 379 g/mol. The van der Waals surface area contributed by atoms with Crippen LogP contribution in [0, 0.1) is 6.92 Å². The van der Waals surface area contributed by atoms with E-state index in [9.17, 15) is 0 Å². The first kappa shape index (κ1) is 22.7. The second-order valence-corrected chi connectivity index (χ2v) is 6.18. The summed E-state index contributed by atoms with van der Waals surface area (Å²) in [5.74, 6) is -2.66. The Morgan fingerprint density at radius 2 is 1.81 bits per heavy atom. The number of likely N-dealkylation sites (tertiary alicyclic amines) is 1. The number of rotatable bonds is 9. The van der Waals surface area contributed by atoms with Crippen molar-refractivity contribution in [2.24, 2.45) is 0 Å².